The van der Waals surface area contributed by atoms with E-state index in [0.29, 0.717) is 18.9 Å². The van der Waals surface area contributed by atoms with Crippen LogP contribution >= 0.6 is 0 Å². The SMILES string of the molecule is O=C(O)C[C@@H]1[C@H](n2cc(-c3cc(F)cc(F)c3)nn2)[C@@H](O)[C@@H](CO)O[C@H]1C(=O)N(Cc1ccccc1C(F)(F)F)[C@H]1CCCC[C@@H]1O. The van der Waals surface area contributed by atoms with Gasteiger partial charge in [0.1, 0.15) is 35.6 Å². The number of alkyl halides is 3. The monoisotopic (exact) mass is 668 g/mol. The lowest BCUT2D eigenvalue weighted by Crippen LogP contribution is -2.60. The van der Waals surface area contributed by atoms with Crippen molar-refractivity contribution in [2.75, 3.05) is 6.61 Å². The lowest BCUT2D eigenvalue weighted by atomic mass is 9.81. The summed E-state index contributed by atoms with van der Waals surface area (Å²) in [5, 5.41) is 50.0. The first kappa shape index (κ1) is 34.3. The molecule has 1 aliphatic heterocycles. The lowest BCUT2D eigenvalue weighted by Gasteiger charge is -2.46. The molecule has 254 valence electrons. The molecular weight excluding hydrogens is 635 g/mol. The Morgan fingerprint density at radius 2 is 1.72 bits per heavy atom. The Labute approximate surface area is 265 Å². The van der Waals surface area contributed by atoms with E-state index >= 15 is 0 Å². The van der Waals surface area contributed by atoms with Crippen LogP contribution in [0.15, 0.2) is 48.7 Å². The molecule has 2 aromatic carbocycles. The predicted octanol–water partition coefficient (Wildman–Crippen LogP) is 3.33. The smallest absolute Gasteiger partial charge is 0.416 e. The van der Waals surface area contributed by atoms with Crippen molar-refractivity contribution in [3.63, 3.8) is 0 Å². The van der Waals surface area contributed by atoms with Gasteiger partial charge < -0.3 is 30.1 Å². The van der Waals surface area contributed by atoms with E-state index in [-0.39, 0.29) is 29.7 Å². The van der Waals surface area contributed by atoms with Gasteiger partial charge in [-0.25, -0.2) is 13.5 Å². The maximum atomic E-state index is 14.5. The van der Waals surface area contributed by atoms with Crippen LogP contribution in [0.5, 0.6) is 0 Å². The number of benzene rings is 2. The van der Waals surface area contributed by atoms with Gasteiger partial charge in [0.25, 0.3) is 5.91 Å². The summed E-state index contributed by atoms with van der Waals surface area (Å²) in [7, 11) is 0. The minimum absolute atomic E-state index is 0.0304. The zero-order valence-corrected chi connectivity index (χ0v) is 24.8. The topological polar surface area (TPSA) is 158 Å². The molecule has 0 spiro atoms. The molecule has 47 heavy (non-hydrogen) atoms. The summed E-state index contributed by atoms with van der Waals surface area (Å²) in [6, 6.07) is 4.85. The molecular formula is C31H33F5N4O7. The van der Waals surface area contributed by atoms with Crippen molar-refractivity contribution >= 4 is 11.9 Å². The van der Waals surface area contributed by atoms with Gasteiger partial charge in [0.05, 0.1) is 43.0 Å². The van der Waals surface area contributed by atoms with Crippen molar-refractivity contribution < 1.29 is 56.7 Å². The molecule has 4 N–H and O–H groups in total. The van der Waals surface area contributed by atoms with Crippen molar-refractivity contribution in [3.05, 3.63) is 71.4 Å². The molecule has 1 saturated carbocycles. The zero-order valence-electron chi connectivity index (χ0n) is 24.8. The molecule has 2 heterocycles. The van der Waals surface area contributed by atoms with Gasteiger partial charge in [0, 0.05) is 24.1 Å². The summed E-state index contributed by atoms with van der Waals surface area (Å²) in [4.78, 5) is 27.7. The van der Waals surface area contributed by atoms with Crippen LogP contribution in [0.2, 0.25) is 0 Å². The van der Waals surface area contributed by atoms with E-state index in [1.165, 1.54) is 24.4 Å². The number of carboxylic acid groups (broad SMARTS) is 1. The Kier molecular flexibility index (Phi) is 10.2. The van der Waals surface area contributed by atoms with Crippen LogP contribution in [0.4, 0.5) is 22.0 Å². The third-order valence-corrected chi connectivity index (χ3v) is 8.73. The van der Waals surface area contributed by atoms with Gasteiger partial charge in [-0.05, 0) is 36.6 Å². The molecule has 0 bridgehead atoms. The molecule has 0 unspecified atom stereocenters. The number of aliphatic carboxylic acids is 1. The predicted molar refractivity (Wildman–Crippen MR) is 152 cm³/mol. The van der Waals surface area contributed by atoms with Crippen molar-refractivity contribution in [1.29, 1.82) is 0 Å². The maximum Gasteiger partial charge on any atom is 0.416 e. The first-order valence-electron chi connectivity index (χ1n) is 15.0. The standard InChI is InChI=1S/C31H33F5N4O7/c32-18-9-17(10-19(33)11-18)22-14-40(38-37-22)27-20(12-26(43)44)29(47-25(15-41)28(27)45)30(46)39(23-7-3-4-8-24(23)42)13-16-5-1-2-6-21(16)31(34,35)36/h1-2,5-6,9-11,14,20,23-25,27-29,41-42,45H,3-4,7-8,12-13,15H2,(H,43,44)/t20-,23+,24+,25-,27+,28+,29-/m1/s1. The van der Waals surface area contributed by atoms with Crippen LogP contribution in [0.25, 0.3) is 11.3 Å². The number of amides is 1. The summed E-state index contributed by atoms with van der Waals surface area (Å²) in [6.07, 6.45) is -8.73. The molecule has 1 aromatic heterocycles. The minimum atomic E-state index is -4.77. The Morgan fingerprint density at radius 3 is 2.36 bits per heavy atom. The van der Waals surface area contributed by atoms with E-state index in [2.05, 4.69) is 10.3 Å². The first-order chi connectivity index (χ1) is 22.3. The number of carbonyl (C=O) groups is 2. The summed E-state index contributed by atoms with van der Waals surface area (Å²) in [6.45, 7) is -1.45. The first-order valence-corrected chi connectivity index (χ1v) is 15.0. The Balaban J connectivity index is 1.57. The summed E-state index contributed by atoms with van der Waals surface area (Å²) >= 11 is 0. The number of carboxylic acids is 1. The highest BCUT2D eigenvalue weighted by atomic mass is 19.4. The van der Waals surface area contributed by atoms with Gasteiger partial charge in [-0.3, -0.25) is 9.59 Å². The molecule has 16 heteroatoms. The van der Waals surface area contributed by atoms with Gasteiger partial charge in [0.2, 0.25) is 0 Å². The molecule has 2 aliphatic rings. The second-order valence-corrected chi connectivity index (χ2v) is 11.8. The number of hydrogen-bond donors (Lipinski definition) is 4. The van der Waals surface area contributed by atoms with Crippen LogP contribution in [0.3, 0.4) is 0 Å². The molecule has 11 nitrogen and oxygen atoms in total. The van der Waals surface area contributed by atoms with E-state index in [1.807, 2.05) is 0 Å². The van der Waals surface area contributed by atoms with E-state index in [4.69, 9.17) is 4.74 Å². The van der Waals surface area contributed by atoms with E-state index in [1.54, 1.807) is 0 Å². The fourth-order valence-electron chi connectivity index (χ4n) is 6.55. The molecule has 7 atom stereocenters. The molecule has 3 aromatic rings. The number of ether oxygens (including phenoxy) is 1. The summed E-state index contributed by atoms with van der Waals surface area (Å²) in [5.74, 6) is -5.63. The number of nitrogens with zero attached hydrogens (tertiary/aromatic N) is 4. The van der Waals surface area contributed by atoms with Gasteiger partial charge in [0.15, 0.2) is 0 Å². The Morgan fingerprint density at radius 1 is 1.04 bits per heavy atom. The number of aliphatic hydroxyl groups excluding tert-OH is 3. The van der Waals surface area contributed by atoms with E-state index in [9.17, 15) is 52.0 Å². The largest absolute Gasteiger partial charge is 0.481 e. The highest BCUT2D eigenvalue weighted by molar-refractivity contribution is 5.83. The maximum absolute atomic E-state index is 14.5. The number of rotatable bonds is 9. The number of carbonyl (C=O) groups excluding carboxylic acids is 1. The Bertz CT molecular complexity index is 1570. The fraction of sp³-hybridized carbons (Fsp3) is 0.484. The van der Waals surface area contributed by atoms with Gasteiger partial charge in [-0.15, -0.1) is 5.10 Å². The molecule has 0 radical (unpaired) electrons. The van der Waals surface area contributed by atoms with Crippen molar-refractivity contribution in [3.8, 4) is 11.3 Å². The quantitative estimate of drug-likeness (QED) is 0.251. The van der Waals surface area contributed by atoms with Gasteiger partial charge in [-0.1, -0.05) is 36.3 Å². The van der Waals surface area contributed by atoms with Gasteiger partial charge >= 0.3 is 12.1 Å². The average Bonchev–Trinajstić information content (AvgIpc) is 3.49. The van der Waals surface area contributed by atoms with Gasteiger partial charge in [-0.2, -0.15) is 13.2 Å². The zero-order chi connectivity index (χ0) is 34.0. The van der Waals surface area contributed by atoms with Crippen LogP contribution in [0, 0.1) is 17.6 Å². The van der Waals surface area contributed by atoms with Crippen LogP contribution < -0.4 is 0 Å². The fourth-order valence-corrected chi connectivity index (χ4v) is 6.55. The number of aliphatic hydroxyl groups is 3. The molecule has 1 aliphatic carbocycles. The van der Waals surface area contributed by atoms with E-state index in [0.717, 1.165) is 27.8 Å². The van der Waals surface area contributed by atoms with E-state index < -0.39 is 97.2 Å². The average molecular weight is 669 g/mol. The van der Waals surface area contributed by atoms with Crippen LogP contribution in [-0.2, 0) is 27.0 Å². The summed E-state index contributed by atoms with van der Waals surface area (Å²) < 4.78 is 76.6. The minimum Gasteiger partial charge on any atom is -0.481 e. The molecule has 1 saturated heterocycles. The lowest BCUT2D eigenvalue weighted by molar-refractivity contribution is -0.202. The third kappa shape index (κ3) is 7.45. The van der Waals surface area contributed by atoms with Crippen molar-refractivity contribution in [2.24, 2.45) is 5.92 Å². The second kappa shape index (κ2) is 14.0. The molecule has 5 rings (SSSR count). The van der Waals surface area contributed by atoms with Crippen LogP contribution in [-0.4, -0.2) is 89.3 Å². The van der Waals surface area contributed by atoms with Crippen molar-refractivity contribution in [1.82, 2.24) is 19.9 Å². The molecule has 2 fully saturated rings. The number of aromatic nitrogens is 3. The van der Waals surface area contributed by atoms with Crippen LogP contribution in [0.1, 0.15) is 49.3 Å². The highest BCUT2D eigenvalue weighted by Crippen LogP contribution is 2.40. The normalized spacial score (nSPS) is 26.6. The molecule has 1 amide bonds. The number of hydrogen-bond acceptors (Lipinski definition) is 8. The highest BCUT2D eigenvalue weighted by Gasteiger charge is 2.52. The third-order valence-electron chi connectivity index (χ3n) is 8.73. The summed E-state index contributed by atoms with van der Waals surface area (Å²) in [5.41, 5.74) is -1.36. The second-order valence-electron chi connectivity index (χ2n) is 11.8. The van der Waals surface area contributed by atoms with Crippen molar-refractivity contribution in [2.45, 2.75) is 81.3 Å². The number of halogens is 5. The Hall–Kier alpha value is -3.99.